The Labute approximate surface area is 129 Å². The van der Waals surface area contributed by atoms with E-state index < -0.39 is 12.6 Å². The lowest BCUT2D eigenvalue weighted by Gasteiger charge is -2.11. The molecule has 2 rings (SSSR count). The number of ether oxygens (including phenoxy) is 1. The van der Waals surface area contributed by atoms with Gasteiger partial charge in [-0.1, -0.05) is 34.1 Å². The summed E-state index contributed by atoms with van der Waals surface area (Å²) in [5.74, 6) is -1.26. The van der Waals surface area contributed by atoms with E-state index in [-0.39, 0.29) is 17.2 Å². The second-order valence-corrected chi connectivity index (χ2v) is 5.06. The molecule has 0 saturated heterocycles. The van der Waals surface area contributed by atoms with Crippen LogP contribution in [0.25, 0.3) is 0 Å². The van der Waals surface area contributed by atoms with Crippen LogP contribution in [0.4, 0.5) is 5.69 Å². The highest BCUT2D eigenvalue weighted by atomic mass is 79.9. The minimum atomic E-state index is -1.10. The van der Waals surface area contributed by atoms with Gasteiger partial charge < -0.3 is 15.2 Å². The zero-order valence-corrected chi connectivity index (χ0v) is 12.5. The van der Waals surface area contributed by atoms with Crippen LogP contribution >= 0.6 is 15.9 Å². The Balaban J connectivity index is 2.22. The van der Waals surface area contributed by atoms with E-state index in [9.17, 15) is 9.59 Å². The number of anilines is 1. The van der Waals surface area contributed by atoms with Gasteiger partial charge in [-0.3, -0.25) is 4.79 Å². The van der Waals surface area contributed by atoms with Crippen molar-refractivity contribution >= 4 is 33.5 Å². The van der Waals surface area contributed by atoms with E-state index in [1.54, 1.807) is 42.5 Å². The van der Waals surface area contributed by atoms with E-state index in [0.717, 1.165) is 0 Å². The minimum Gasteiger partial charge on any atom is -0.481 e. The molecule has 0 saturated carbocycles. The number of nitrogens with one attached hydrogen (secondary N) is 1. The van der Waals surface area contributed by atoms with Gasteiger partial charge in [0.1, 0.15) is 5.75 Å². The molecular weight excluding hydrogens is 338 g/mol. The normalized spacial score (nSPS) is 9.95. The number of carboxylic acid groups (broad SMARTS) is 1. The number of carbonyl (C=O) groups is 2. The van der Waals surface area contributed by atoms with Gasteiger partial charge in [-0.15, -0.1) is 0 Å². The van der Waals surface area contributed by atoms with Crippen LogP contribution in [0.15, 0.2) is 53.0 Å². The first kappa shape index (κ1) is 15.1. The maximum atomic E-state index is 12.3. The molecule has 2 N–H and O–H groups in total. The number of amides is 1. The van der Waals surface area contributed by atoms with Crippen molar-refractivity contribution in [3.63, 3.8) is 0 Å². The molecule has 0 aromatic heterocycles. The molecule has 0 bridgehead atoms. The Morgan fingerprint density at radius 2 is 1.86 bits per heavy atom. The molecule has 2 aromatic carbocycles. The molecule has 1 amide bonds. The number of carbonyl (C=O) groups excluding carboxylic acids is 1. The molecule has 21 heavy (non-hydrogen) atoms. The second kappa shape index (κ2) is 6.90. The fourth-order valence-electron chi connectivity index (χ4n) is 1.66. The lowest BCUT2D eigenvalue weighted by Crippen LogP contribution is -2.16. The standard InChI is InChI=1S/C15H12BrNO4/c16-10-6-7-13(21-9-14(18)19)12(8-10)15(20)17-11-4-2-1-3-5-11/h1-8H,9H2,(H,17,20)(H,18,19). The number of rotatable bonds is 5. The van der Waals surface area contributed by atoms with Gasteiger partial charge in [0.15, 0.2) is 6.61 Å². The van der Waals surface area contributed by atoms with Gasteiger partial charge in [-0.05, 0) is 30.3 Å². The predicted molar refractivity (Wildman–Crippen MR) is 81.7 cm³/mol. The molecule has 108 valence electrons. The first-order valence-electron chi connectivity index (χ1n) is 6.07. The van der Waals surface area contributed by atoms with E-state index in [1.165, 1.54) is 0 Å². The Bertz CT molecular complexity index is 658. The van der Waals surface area contributed by atoms with E-state index in [4.69, 9.17) is 9.84 Å². The summed E-state index contributed by atoms with van der Waals surface area (Å²) in [5, 5.41) is 11.4. The van der Waals surface area contributed by atoms with Crippen molar-refractivity contribution in [1.29, 1.82) is 0 Å². The zero-order chi connectivity index (χ0) is 15.2. The van der Waals surface area contributed by atoms with Gasteiger partial charge in [0.25, 0.3) is 5.91 Å². The molecule has 0 unspecified atom stereocenters. The van der Waals surface area contributed by atoms with Gasteiger partial charge >= 0.3 is 5.97 Å². The van der Waals surface area contributed by atoms with E-state index in [1.807, 2.05) is 6.07 Å². The first-order valence-corrected chi connectivity index (χ1v) is 6.86. The summed E-state index contributed by atoms with van der Waals surface area (Å²) in [6.07, 6.45) is 0. The highest BCUT2D eigenvalue weighted by Crippen LogP contribution is 2.24. The van der Waals surface area contributed by atoms with Crippen LogP contribution in [0.1, 0.15) is 10.4 Å². The number of hydrogen-bond acceptors (Lipinski definition) is 3. The van der Waals surface area contributed by atoms with Crippen molar-refractivity contribution in [2.45, 2.75) is 0 Å². The third-order valence-electron chi connectivity index (χ3n) is 2.57. The molecule has 0 aliphatic rings. The fourth-order valence-corrected chi connectivity index (χ4v) is 2.03. The van der Waals surface area contributed by atoms with Crippen molar-refractivity contribution < 1.29 is 19.4 Å². The molecule has 0 fully saturated rings. The van der Waals surface area contributed by atoms with Crippen LogP contribution < -0.4 is 10.1 Å². The molecule has 0 aliphatic heterocycles. The number of para-hydroxylation sites is 1. The monoisotopic (exact) mass is 349 g/mol. The Hall–Kier alpha value is -2.34. The molecule has 0 spiro atoms. The van der Waals surface area contributed by atoms with Crippen molar-refractivity contribution in [2.75, 3.05) is 11.9 Å². The van der Waals surface area contributed by atoms with E-state index in [0.29, 0.717) is 10.2 Å². The Morgan fingerprint density at radius 1 is 1.14 bits per heavy atom. The van der Waals surface area contributed by atoms with Gasteiger partial charge in [0.05, 0.1) is 5.56 Å². The maximum absolute atomic E-state index is 12.3. The minimum absolute atomic E-state index is 0.217. The Morgan fingerprint density at radius 3 is 2.52 bits per heavy atom. The third kappa shape index (κ3) is 4.32. The summed E-state index contributed by atoms with van der Waals surface area (Å²) in [6, 6.07) is 13.8. The van der Waals surface area contributed by atoms with Gasteiger partial charge in [0, 0.05) is 10.2 Å². The predicted octanol–water partition coefficient (Wildman–Crippen LogP) is 3.16. The van der Waals surface area contributed by atoms with Crippen molar-refractivity contribution in [3.8, 4) is 5.75 Å². The number of aliphatic carboxylic acids is 1. The first-order chi connectivity index (χ1) is 10.1. The quantitative estimate of drug-likeness (QED) is 0.869. The van der Waals surface area contributed by atoms with Crippen LogP contribution in [-0.2, 0) is 4.79 Å². The smallest absolute Gasteiger partial charge is 0.341 e. The molecule has 0 atom stereocenters. The van der Waals surface area contributed by atoms with Crippen LogP contribution in [0.3, 0.4) is 0 Å². The molecule has 5 nitrogen and oxygen atoms in total. The molecule has 6 heteroatoms. The highest BCUT2D eigenvalue weighted by molar-refractivity contribution is 9.10. The number of halogens is 1. The molecule has 0 aliphatic carbocycles. The average Bonchev–Trinajstić information content (AvgIpc) is 2.46. The van der Waals surface area contributed by atoms with Crippen LogP contribution in [0.5, 0.6) is 5.75 Å². The number of carboxylic acids is 1. The summed E-state index contributed by atoms with van der Waals surface area (Å²) in [5.41, 5.74) is 0.904. The topological polar surface area (TPSA) is 75.6 Å². The third-order valence-corrected chi connectivity index (χ3v) is 3.06. The van der Waals surface area contributed by atoms with E-state index in [2.05, 4.69) is 21.2 Å². The molecular formula is C15H12BrNO4. The largest absolute Gasteiger partial charge is 0.481 e. The zero-order valence-electron chi connectivity index (χ0n) is 10.9. The number of hydrogen-bond donors (Lipinski definition) is 2. The lowest BCUT2D eigenvalue weighted by molar-refractivity contribution is -0.139. The highest BCUT2D eigenvalue weighted by Gasteiger charge is 2.14. The average molecular weight is 350 g/mol. The second-order valence-electron chi connectivity index (χ2n) is 4.14. The summed E-state index contributed by atoms with van der Waals surface area (Å²) >= 11 is 3.28. The summed E-state index contributed by atoms with van der Waals surface area (Å²) in [6.45, 7) is -0.507. The van der Waals surface area contributed by atoms with Crippen LogP contribution in [-0.4, -0.2) is 23.6 Å². The van der Waals surface area contributed by atoms with E-state index >= 15 is 0 Å². The summed E-state index contributed by atoms with van der Waals surface area (Å²) in [7, 11) is 0. The van der Waals surface area contributed by atoms with Crippen molar-refractivity contribution in [2.24, 2.45) is 0 Å². The van der Waals surface area contributed by atoms with Crippen LogP contribution in [0, 0.1) is 0 Å². The summed E-state index contributed by atoms with van der Waals surface area (Å²) in [4.78, 5) is 22.8. The fraction of sp³-hybridized carbons (Fsp3) is 0.0667. The lowest BCUT2D eigenvalue weighted by atomic mass is 10.2. The number of benzene rings is 2. The van der Waals surface area contributed by atoms with Gasteiger partial charge in [-0.2, -0.15) is 0 Å². The molecule has 2 aromatic rings. The van der Waals surface area contributed by atoms with Crippen LogP contribution in [0.2, 0.25) is 0 Å². The summed E-state index contributed by atoms with van der Waals surface area (Å²) < 4.78 is 5.83. The SMILES string of the molecule is O=C(O)COc1ccc(Br)cc1C(=O)Nc1ccccc1. The van der Waals surface area contributed by atoms with Gasteiger partial charge in [-0.25, -0.2) is 4.79 Å². The molecule has 0 radical (unpaired) electrons. The molecule has 0 heterocycles. The van der Waals surface area contributed by atoms with Gasteiger partial charge in [0.2, 0.25) is 0 Å². The van der Waals surface area contributed by atoms with Crippen molar-refractivity contribution in [1.82, 2.24) is 0 Å². The van der Waals surface area contributed by atoms with Crippen molar-refractivity contribution in [3.05, 3.63) is 58.6 Å². The Kier molecular flexibility index (Phi) is 4.94. The maximum Gasteiger partial charge on any atom is 0.341 e.